The summed E-state index contributed by atoms with van der Waals surface area (Å²) < 4.78 is 26.2. The fourth-order valence-corrected chi connectivity index (χ4v) is 4.23. The Bertz CT molecular complexity index is 1410. The van der Waals surface area contributed by atoms with Crippen LogP contribution in [0.2, 0.25) is 0 Å². The smallest absolute Gasteiger partial charge is 0.412 e. The van der Waals surface area contributed by atoms with E-state index in [0.29, 0.717) is 76.0 Å². The monoisotopic (exact) mass is 644 g/mol. The van der Waals surface area contributed by atoms with Crippen LogP contribution in [0.25, 0.3) is 21.7 Å². The van der Waals surface area contributed by atoms with Gasteiger partial charge in [-0.2, -0.15) is 0 Å². The van der Waals surface area contributed by atoms with Crippen molar-refractivity contribution in [2.75, 3.05) is 66.6 Å². The molecule has 1 heterocycles. The molecule has 6 N–H and O–H groups in total. The quantitative estimate of drug-likeness (QED) is 0.0926. The van der Waals surface area contributed by atoms with Crippen molar-refractivity contribution in [2.24, 2.45) is 0 Å². The molecule has 0 saturated carbocycles. The van der Waals surface area contributed by atoms with Crippen molar-refractivity contribution in [1.29, 1.82) is 0 Å². The van der Waals surface area contributed by atoms with Crippen LogP contribution in [0.15, 0.2) is 34.7 Å². The Labute approximate surface area is 265 Å². The second-order valence-electron chi connectivity index (χ2n) is 9.79. The number of alkyl carbamates (subject to hydrolysis) is 2. The maximum absolute atomic E-state index is 12.8. The lowest BCUT2D eigenvalue weighted by molar-refractivity contribution is 0.0989. The van der Waals surface area contributed by atoms with Gasteiger partial charge in [-0.1, -0.05) is 24.3 Å². The first kappa shape index (κ1) is 35.4. The summed E-state index contributed by atoms with van der Waals surface area (Å²) in [5, 5.41) is 17.9. The molecule has 1 aromatic heterocycles. The molecule has 0 aliphatic rings. The van der Waals surface area contributed by atoms with Crippen molar-refractivity contribution in [3.8, 4) is 11.5 Å². The van der Waals surface area contributed by atoms with Crippen LogP contribution in [0.3, 0.4) is 0 Å². The molecule has 4 amide bonds. The van der Waals surface area contributed by atoms with Crippen LogP contribution < -0.4 is 41.4 Å². The average Bonchev–Trinajstić information content (AvgIpc) is 3.50. The molecule has 16 nitrogen and oxygen atoms in total. The van der Waals surface area contributed by atoms with Gasteiger partial charge >= 0.3 is 24.4 Å². The van der Waals surface area contributed by atoms with Gasteiger partial charge < -0.3 is 55.3 Å². The number of Topliss-reactive ketones (excluding diaryl/α,β-unsaturated/α-hetero) is 1. The number of carbonyl (C=O) groups excluding carboxylic acids is 5. The number of rotatable bonds is 17. The highest BCUT2D eigenvalue weighted by molar-refractivity contribution is 6.12. The first-order valence-electron chi connectivity index (χ1n) is 14.7. The first-order valence-corrected chi connectivity index (χ1v) is 14.7. The number of ketones is 1. The van der Waals surface area contributed by atoms with E-state index in [4.69, 9.17) is 13.9 Å². The highest BCUT2D eigenvalue weighted by Gasteiger charge is 2.24. The number of hydrogen-bond acceptors (Lipinski definition) is 12. The minimum atomic E-state index is -0.735. The standard InChI is InChI=1S/C30H40N6O10/c1-19(37)23-18-22-24(45-29(40)33-12-6-10-31-14-16-35-27(38)42-2)20-8-4-5-9-21(20)25(26(22)44-23)46-30(41)34-13-7-11-32-15-17-36-28(39)43-3/h4-5,8-9,18,31-32H,6-7,10-17H2,1-3H3,(H,33,40)(H,34,41)(H,35,38)(H,36,39). The second kappa shape index (κ2) is 18.7. The number of furan rings is 1. The molecule has 0 unspecified atom stereocenters. The zero-order chi connectivity index (χ0) is 33.3. The predicted octanol–water partition coefficient (Wildman–Crippen LogP) is 2.64. The molecule has 0 atom stereocenters. The van der Waals surface area contributed by atoms with E-state index in [9.17, 15) is 24.0 Å². The van der Waals surface area contributed by atoms with Crippen LogP contribution in [-0.4, -0.2) is 96.7 Å². The topological polar surface area (TPSA) is 208 Å². The SMILES string of the molecule is COC(=O)NCCNCCCNC(=O)Oc1c2ccccc2c(OC(=O)NCCCNCCNC(=O)OC)c2oc(C(C)=O)cc12. The summed E-state index contributed by atoms with van der Waals surface area (Å²) in [4.78, 5) is 59.9. The summed E-state index contributed by atoms with van der Waals surface area (Å²) in [5.41, 5.74) is 0.0754. The van der Waals surface area contributed by atoms with Gasteiger partial charge in [-0.15, -0.1) is 0 Å². The van der Waals surface area contributed by atoms with Gasteiger partial charge in [0.15, 0.2) is 28.6 Å². The Morgan fingerprint density at radius 2 is 1.09 bits per heavy atom. The van der Waals surface area contributed by atoms with Gasteiger partial charge in [0, 0.05) is 57.0 Å². The van der Waals surface area contributed by atoms with Gasteiger partial charge in [-0.05, 0) is 32.0 Å². The number of nitrogens with one attached hydrogen (secondary N) is 6. The van der Waals surface area contributed by atoms with Crippen LogP contribution in [0.4, 0.5) is 19.2 Å². The fourth-order valence-electron chi connectivity index (χ4n) is 4.23. The molecule has 0 spiro atoms. The lowest BCUT2D eigenvalue weighted by Crippen LogP contribution is -2.34. The van der Waals surface area contributed by atoms with E-state index in [1.165, 1.54) is 27.2 Å². The minimum absolute atomic E-state index is 0.00125. The molecule has 0 bridgehead atoms. The van der Waals surface area contributed by atoms with Gasteiger partial charge in [-0.3, -0.25) is 4.79 Å². The van der Waals surface area contributed by atoms with E-state index in [-0.39, 0.29) is 34.0 Å². The summed E-state index contributed by atoms with van der Waals surface area (Å²) in [6.45, 7) is 4.96. The van der Waals surface area contributed by atoms with E-state index < -0.39 is 24.4 Å². The Morgan fingerprint density at radius 3 is 1.59 bits per heavy atom. The molecular formula is C30H40N6O10. The average molecular weight is 645 g/mol. The maximum Gasteiger partial charge on any atom is 0.412 e. The molecule has 16 heteroatoms. The zero-order valence-electron chi connectivity index (χ0n) is 26.0. The Hall–Kier alpha value is -5.09. The molecule has 3 aromatic rings. The van der Waals surface area contributed by atoms with Crippen LogP contribution in [0.1, 0.15) is 30.3 Å². The third kappa shape index (κ3) is 10.8. The Balaban J connectivity index is 1.62. The number of ether oxygens (including phenoxy) is 4. The van der Waals surface area contributed by atoms with Crippen molar-refractivity contribution in [2.45, 2.75) is 19.8 Å². The van der Waals surface area contributed by atoms with Crippen molar-refractivity contribution in [1.82, 2.24) is 31.9 Å². The highest BCUT2D eigenvalue weighted by Crippen LogP contribution is 2.44. The van der Waals surface area contributed by atoms with E-state index in [1.807, 2.05) is 0 Å². The number of amides is 4. The number of benzene rings is 2. The van der Waals surface area contributed by atoms with Crippen LogP contribution in [0, 0.1) is 0 Å². The number of methoxy groups -OCH3 is 2. The van der Waals surface area contributed by atoms with Crippen molar-refractivity contribution >= 4 is 51.9 Å². The molecule has 0 aliphatic carbocycles. The molecule has 46 heavy (non-hydrogen) atoms. The van der Waals surface area contributed by atoms with Gasteiger partial charge in [0.2, 0.25) is 0 Å². The Kier molecular flexibility index (Phi) is 14.4. The third-order valence-electron chi connectivity index (χ3n) is 6.45. The van der Waals surface area contributed by atoms with Gasteiger partial charge in [0.25, 0.3) is 0 Å². The molecule has 250 valence electrons. The summed E-state index contributed by atoms with van der Waals surface area (Å²) in [7, 11) is 2.58. The van der Waals surface area contributed by atoms with E-state index in [0.717, 1.165) is 0 Å². The van der Waals surface area contributed by atoms with E-state index in [1.54, 1.807) is 24.3 Å². The normalized spacial score (nSPS) is 10.7. The van der Waals surface area contributed by atoms with Gasteiger partial charge in [-0.25, -0.2) is 19.2 Å². The molecule has 2 aromatic carbocycles. The molecule has 0 aliphatic heterocycles. The molecule has 0 fully saturated rings. The first-order chi connectivity index (χ1) is 22.2. The zero-order valence-corrected chi connectivity index (χ0v) is 26.0. The van der Waals surface area contributed by atoms with E-state index in [2.05, 4.69) is 41.4 Å². The van der Waals surface area contributed by atoms with Crippen molar-refractivity contribution in [3.05, 3.63) is 36.1 Å². The largest absolute Gasteiger partial charge is 0.453 e. The van der Waals surface area contributed by atoms with E-state index >= 15 is 0 Å². The fraction of sp³-hybridized carbons (Fsp3) is 0.433. The predicted molar refractivity (Wildman–Crippen MR) is 168 cm³/mol. The number of carbonyl (C=O) groups is 5. The summed E-state index contributed by atoms with van der Waals surface area (Å²) in [6, 6.07) is 8.31. The van der Waals surface area contributed by atoms with Crippen LogP contribution in [-0.2, 0) is 9.47 Å². The summed E-state index contributed by atoms with van der Waals surface area (Å²) in [6.07, 6.45) is -1.29. The molecule has 0 saturated heterocycles. The Morgan fingerprint density at radius 1 is 0.609 bits per heavy atom. The minimum Gasteiger partial charge on any atom is -0.453 e. The highest BCUT2D eigenvalue weighted by atomic mass is 16.6. The molecule has 0 radical (unpaired) electrons. The third-order valence-corrected chi connectivity index (χ3v) is 6.45. The lowest BCUT2D eigenvalue weighted by Gasteiger charge is -2.14. The lowest BCUT2D eigenvalue weighted by atomic mass is 10.1. The van der Waals surface area contributed by atoms with Crippen LogP contribution >= 0.6 is 0 Å². The van der Waals surface area contributed by atoms with Crippen molar-refractivity contribution in [3.63, 3.8) is 0 Å². The summed E-state index contributed by atoms with van der Waals surface area (Å²) in [5.74, 6) is -0.147. The molecular weight excluding hydrogens is 604 g/mol. The molecule has 3 rings (SSSR count). The number of fused-ring (bicyclic) bond motifs is 2. The van der Waals surface area contributed by atoms with Crippen molar-refractivity contribution < 1.29 is 47.3 Å². The van der Waals surface area contributed by atoms with Gasteiger partial charge in [0.05, 0.1) is 19.6 Å². The van der Waals surface area contributed by atoms with Gasteiger partial charge in [0.1, 0.15) is 0 Å². The van der Waals surface area contributed by atoms with Crippen LogP contribution in [0.5, 0.6) is 11.5 Å². The second-order valence-corrected chi connectivity index (χ2v) is 9.79. The summed E-state index contributed by atoms with van der Waals surface area (Å²) >= 11 is 0. The number of hydrogen-bond donors (Lipinski definition) is 6. The maximum atomic E-state index is 12.8.